The minimum absolute atomic E-state index is 0.746. The molecule has 4 aromatic heterocycles. The smallest absolute Gasteiger partial charge is 0.139 e. The maximum atomic E-state index is 5.76. The molecule has 0 aliphatic carbocycles. The van der Waals surface area contributed by atoms with E-state index in [-0.39, 0.29) is 0 Å². The second-order valence-corrected chi connectivity index (χ2v) is 8.83. The summed E-state index contributed by atoms with van der Waals surface area (Å²) in [5.41, 5.74) is 12.3. The first kappa shape index (κ1) is 23.9. The van der Waals surface area contributed by atoms with Gasteiger partial charge in [0.25, 0.3) is 0 Å². The van der Waals surface area contributed by atoms with Gasteiger partial charge in [0.1, 0.15) is 11.6 Å². The second kappa shape index (κ2) is 10.4. The van der Waals surface area contributed by atoms with Gasteiger partial charge in [-0.1, -0.05) is 48.5 Å². The molecule has 0 saturated carbocycles. The predicted molar refractivity (Wildman–Crippen MR) is 152 cm³/mol. The first-order chi connectivity index (χ1) is 18.0. The molecule has 37 heavy (non-hydrogen) atoms. The van der Waals surface area contributed by atoms with Gasteiger partial charge in [0.15, 0.2) is 0 Å². The quantitative estimate of drug-likeness (QED) is 0.267. The number of fused-ring (bicyclic) bond motifs is 2. The number of aryl methyl sites for hydroxylation is 3. The maximum absolute atomic E-state index is 5.76. The Morgan fingerprint density at radius 2 is 1.16 bits per heavy atom. The molecule has 2 aromatic carbocycles. The molecule has 0 amide bonds. The van der Waals surface area contributed by atoms with Gasteiger partial charge in [0.05, 0.1) is 22.4 Å². The lowest BCUT2D eigenvalue weighted by Crippen LogP contribution is -2.14. The van der Waals surface area contributed by atoms with Gasteiger partial charge >= 0.3 is 0 Å². The second-order valence-electron chi connectivity index (χ2n) is 8.83. The molecule has 2 N–H and O–H groups in total. The van der Waals surface area contributed by atoms with E-state index in [1.807, 2.05) is 99.6 Å². The van der Waals surface area contributed by atoms with Gasteiger partial charge in [-0.3, -0.25) is 14.9 Å². The van der Waals surface area contributed by atoms with Crippen LogP contribution in [0.3, 0.4) is 0 Å². The Morgan fingerprint density at radius 3 is 1.86 bits per heavy atom. The van der Waals surface area contributed by atoms with Gasteiger partial charge in [-0.2, -0.15) is 0 Å². The lowest BCUT2D eigenvalue weighted by molar-refractivity contribution is 1.09. The van der Waals surface area contributed by atoms with Crippen molar-refractivity contribution in [2.45, 2.75) is 20.8 Å². The number of para-hydroxylation sites is 2. The Kier molecular flexibility index (Phi) is 6.72. The van der Waals surface area contributed by atoms with Crippen LogP contribution in [0.2, 0.25) is 0 Å². The Bertz CT molecular complexity index is 1680. The lowest BCUT2D eigenvalue weighted by atomic mass is 10.1. The molecule has 4 heterocycles. The molecule has 6 aromatic rings. The van der Waals surface area contributed by atoms with Crippen LogP contribution in [0.15, 0.2) is 103 Å². The number of nitrogen functional groups attached to an aromatic ring is 1. The molecule has 6 rings (SSSR count). The topological polar surface area (TPSA) is 80.8 Å². The highest BCUT2D eigenvalue weighted by Gasteiger charge is 2.18. The third-order valence-corrected chi connectivity index (χ3v) is 5.95. The number of pyridine rings is 4. The number of hydrogen-bond acceptors (Lipinski definition) is 6. The van der Waals surface area contributed by atoms with Crippen LogP contribution in [0.5, 0.6) is 0 Å². The van der Waals surface area contributed by atoms with Crippen LogP contribution in [0.1, 0.15) is 17.1 Å². The van der Waals surface area contributed by atoms with Crippen LogP contribution in [-0.4, -0.2) is 19.9 Å². The summed E-state index contributed by atoms with van der Waals surface area (Å²) in [6.07, 6.45) is 1.79. The molecule has 6 heteroatoms. The number of rotatable bonds is 3. The van der Waals surface area contributed by atoms with E-state index < -0.39 is 0 Å². The Labute approximate surface area is 216 Å². The van der Waals surface area contributed by atoms with E-state index >= 15 is 0 Å². The largest absolute Gasteiger partial charge is 0.397 e. The first-order valence-corrected chi connectivity index (χ1v) is 12.1. The molecule has 0 bridgehead atoms. The number of benzene rings is 2. The van der Waals surface area contributed by atoms with Crippen molar-refractivity contribution in [1.82, 2.24) is 19.9 Å². The average molecular weight is 485 g/mol. The zero-order valence-electron chi connectivity index (χ0n) is 21.1. The molecule has 0 unspecified atom stereocenters. The van der Waals surface area contributed by atoms with Crippen molar-refractivity contribution in [3.05, 3.63) is 120 Å². The third kappa shape index (κ3) is 5.23. The van der Waals surface area contributed by atoms with E-state index in [0.29, 0.717) is 0 Å². The van der Waals surface area contributed by atoms with E-state index in [0.717, 1.165) is 61.9 Å². The molecule has 6 nitrogen and oxygen atoms in total. The van der Waals surface area contributed by atoms with Crippen LogP contribution in [-0.2, 0) is 0 Å². The highest BCUT2D eigenvalue weighted by Crippen LogP contribution is 2.36. The fourth-order valence-corrected chi connectivity index (χ4v) is 4.18. The normalized spacial score (nSPS) is 10.7. The van der Waals surface area contributed by atoms with Crippen molar-refractivity contribution in [2.75, 3.05) is 10.6 Å². The van der Waals surface area contributed by atoms with Crippen LogP contribution < -0.4 is 10.6 Å². The zero-order valence-corrected chi connectivity index (χ0v) is 21.1. The maximum Gasteiger partial charge on any atom is 0.139 e. The average Bonchev–Trinajstić information content (AvgIpc) is 2.91. The van der Waals surface area contributed by atoms with Crippen molar-refractivity contribution < 1.29 is 0 Å². The molecule has 0 spiro atoms. The van der Waals surface area contributed by atoms with Gasteiger partial charge in [0, 0.05) is 34.1 Å². The van der Waals surface area contributed by atoms with Gasteiger partial charge in [-0.05, 0) is 69.3 Å². The van der Waals surface area contributed by atoms with E-state index in [1.165, 1.54) is 0 Å². The summed E-state index contributed by atoms with van der Waals surface area (Å²) in [4.78, 5) is 20.4. The standard InChI is InChI=1S/C21H18N4.C10H10N2/c1-15-7-5-11-20(23-15)25(19-10-3-4-14-22-19)18-9-6-8-17-13-12-16(2)24-21(17)18;1-7-5-6-8-3-2-4-9(11)10(8)12-7/h3-14H,1-2H3;2-6H,11H2,1H3. The summed E-state index contributed by atoms with van der Waals surface area (Å²) >= 11 is 0. The Morgan fingerprint density at radius 1 is 0.541 bits per heavy atom. The minimum Gasteiger partial charge on any atom is -0.397 e. The molecular weight excluding hydrogens is 456 g/mol. The fourth-order valence-electron chi connectivity index (χ4n) is 4.18. The number of nitrogens with zero attached hydrogens (tertiary/aromatic N) is 5. The zero-order chi connectivity index (χ0) is 25.8. The van der Waals surface area contributed by atoms with Crippen molar-refractivity contribution >= 4 is 44.8 Å². The summed E-state index contributed by atoms with van der Waals surface area (Å²) in [5, 5.41) is 2.19. The van der Waals surface area contributed by atoms with Crippen molar-refractivity contribution in [2.24, 2.45) is 0 Å². The van der Waals surface area contributed by atoms with E-state index in [1.54, 1.807) is 6.20 Å². The van der Waals surface area contributed by atoms with Gasteiger partial charge in [0.2, 0.25) is 0 Å². The van der Waals surface area contributed by atoms with E-state index in [2.05, 4.69) is 33.1 Å². The highest BCUT2D eigenvalue weighted by molar-refractivity contribution is 5.95. The minimum atomic E-state index is 0.746. The molecule has 0 aliphatic rings. The first-order valence-electron chi connectivity index (χ1n) is 12.1. The summed E-state index contributed by atoms with van der Waals surface area (Å²) in [5.74, 6) is 1.64. The monoisotopic (exact) mass is 484 g/mol. The van der Waals surface area contributed by atoms with Gasteiger partial charge < -0.3 is 5.73 Å². The molecule has 0 fully saturated rings. The predicted octanol–water partition coefficient (Wildman–Crippen LogP) is 7.24. The van der Waals surface area contributed by atoms with E-state index in [9.17, 15) is 0 Å². The summed E-state index contributed by atoms with van der Waals surface area (Å²) in [6, 6.07) is 32.0. The number of nitrogens with two attached hydrogens (primary N) is 1. The molecule has 0 saturated heterocycles. The van der Waals surface area contributed by atoms with Gasteiger partial charge in [-0.25, -0.2) is 9.97 Å². The van der Waals surface area contributed by atoms with Crippen molar-refractivity contribution in [3.8, 4) is 0 Å². The Balaban J connectivity index is 0.000000195. The van der Waals surface area contributed by atoms with E-state index in [4.69, 9.17) is 15.7 Å². The number of anilines is 4. The fraction of sp³-hybridized carbons (Fsp3) is 0.0968. The summed E-state index contributed by atoms with van der Waals surface area (Å²) in [6.45, 7) is 5.96. The van der Waals surface area contributed by atoms with Crippen LogP contribution in [0.4, 0.5) is 23.0 Å². The summed E-state index contributed by atoms with van der Waals surface area (Å²) < 4.78 is 0. The number of hydrogen-bond donors (Lipinski definition) is 1. The van der Waals surface area contributed by atoms with Crippen LogP contribution in [0, 0.1) is 20.8 Å². The molecular formula is C31H28N6. The molecule has 0 atom stereocenters. The molecule has 182 valence electrons. The highest BCUT2D eigenvalue weighted by atomic mass is 15.2. The van der Waals surface area contributed by atoms with Crippen LogP contribution in [0.25, 0.3) is 21.8 Å². The molecule has 0 aliphatic heterocycles. The van der Waals surface area contributed by atoms with Crippen LogP contribution >= 0.6 is 0 Å². The van der Waals surface area contributed by atoms with Gasteiger partial charge in [-0.15, -0.1) is 0 Å². The molecule has 0 radical (unpaired) electrons. The SMILES string of the molecule is Cc1ccc2cccc(N)c2n1.Cc1cccc(N(c2ccccn2)c2cccc3ccc(C)nc23)n1. The third-order valence-electron chi connectivity index (χ3n) is 5.95. The Hall–Kier alpha value is -4.84. The van der Waals surface area contributed by atoms with Crippen molar-refractivity contribution in [3.63, 3.8) is 0 Å². The number of aromatic nitrogens is 4. The summed E-state index contributed by atoms with van der Waals surface area (Å²) in [7, 11) is 0. The lowest BCUT2D eigenvalue weighted by Gasteiger charge is -2.24. The van der Waals surface area contributed by atoms with Crippen molar-refractivity contribution in [1.29, 1.82) is 0 Å².